The van der Waals surface area contributed by atoms with E-state index in [1.165, 1.54) is 18.2 Å². The number of alkyl halides is 1. The van der Waals surface area contributed by atoms with E-state index in [2.05, 4.69) is 15.9 Å². The highest BCUT2D eigenvalue weighted by molar-refractivity contribution is 9.09. The molecule has 0 aliphatic heterocycles. The number of aliphatic hydroxyl groups is 1. The van der Waals surface area contributed by atoms with Crippen LogP contribution >= 0.6 is 15.9 Å². The fraction of sp³-hybridized carbons (Fsp3) is 0.357. The number of ether oxygens (including phenoxy) is 1. The minimum absolute atomic E-state index is 0.0411. The van der Waals surface area contributed by atoms with Gasteiger partial charge in [0.15, 0.2) is 11.9 Å². The Morgan fingerprint density at radius 3 is 2.52 bits per heavy atom. The van der Waals surface area contributed by atoms with E-state index in [4.69, 9.17) is 9.84 Å². The predicted octanol–water partition coefficient (Wildman–Crippen LogP) is 1.95. The number of Topliss-reactive ketones (excluding diaryl/α,β-unsaturated/α-hetero) is 1. The van der Waals surface area contributed by atoms with Crippen molar-refractivity contribution >= 4 is 33.7 Å². The van der Waals surface area contributed by atoms with Crippen molar-refractivity contribution in [2.75, 3.05) is 11.9 Å². The fourth-order valence-corrected chi connectivity index (χ4v) is 2.19. The van der Waals surface area contributed by atoms with Crippen molar-refractivity contribution in [1.29, 1.82) is 0 Å². The molecule has 0 spiro atoms. The van der Waals surface area contributed by atoms with E-state index in [1.807, 2.05) is 0 Å². The van der Waals surface area contributed by atoms with Gasteiger partial charge in [-0.25, -0.2) is 9.59 Å². The van der Waals surface area contributed by atoms with Crippen LogP contribution in [0, 0.1) is 0 Å². The molecule has 1 unspecified atom stereocenters. The van der Waals surface area contributed by atoms with Crippen LogP contribution in [-0.2, 0) is 9.53 Å². The first kappa shape index (κ1) is 17.3. The van der Waals surface area contributed by atoms with Gasteiger partial charge in [0.2, 0.25) is 0 Å². The molecule has 0 bridgehead atoms. The number of aliphatic carboxylic acids is 1. The lowest BCUT2D eigenvalue weighted by molar-refractivity contribution is -0.146. The summed E-state index contributed by atoms with van der Waals surface area (Å²) in [6.45, 7) is 1.74. The first-order chi connectivity index (χ1) is 9.93. The number of halogens is 1. The van der Waals surface area contributed by atoms with Crippen molar-refractivity contribution in [3.8, 4) is 0 Å². The van der Waals surface area contributed by atoms with Crippen molar-refractivity contribution in [2.24, 2.45) is 0 Å². The maximum atomic E-state index is 12.2. The third-order valence-electron chi connectivity index (χ3n) is 2.72. The predicted molar refractivity (Wildman–Crippen MR) is 77.7 cm³/mol. The zero-order valence-electron chi connectivity index (χ0n) is 11.3. The molecule has 0 saturated carbocycles. The van der Waals surface area contributed by atoms with Crippen molar-refractivity contribution in [2.45, 2.75) is 19.4 Å². The van der Waals surface area contributed by atoms with Crippen LogP contribution in [-0.4, -0.2) is 39.9 Å². The van der Waals surface area contributed by atoms with Crippen LogP contribution < -0.4 is 0 Å². The SMILES string of the molecule is CCOC(=O)c1cccc(C(O)C(=O)O)c1C(=O)CCBr. The number of ketones is 1. The zero-order chi connectivity index (χ0) is 16.0. The Bertz CT molecular complexity index is 554. The second-order valence-corrected chi connectivity index (χ2v) is 4.89. The molecule has 0 saturated heterocycles. The van der Waals surface area contributed by atoms with Gasteiger partial charge in [-0.2, -0.15) is 0 Å². The van der Waals surface area contributed by atoms with Crippen LogP contribution in [0.5, 0.6) is 0 Å². The topological polar surface area (TPSA) is 101 Å². The van der Waals surface area contributed by atoms with Gasteiger partial charge in [0.05, 0.1) is 12.2 Å². The molecule has 0 aliphatic rings. The van der Waals surface area contributed by atoms with Crippen LogP contribution in [0.2, 0.25) is 0 Å². The molecular weight excluding hydrogens is 344 g/mol. The maximum Gasteiger partial charge on any atom is 0.338 e. The molecule has 0 aromatic heterocycles. The summed E-state index contributed by atoms with van der Waals surface area (Å²) >= 11 is 3.11. The molecule has 2 N–H and O–H groups in total. The molecular formula is C14H15BrO6. The number of esters is 1. The highest BCUT2D eigenvalue weighted by Gasteiger charge is 2.27. The molecule has 21 heavy (non-hydrogen) atoms. The molecule has 114 valence electrons. The molecule has 0 heterocycles. The number of carboxylic acids is 1. The fourth-order valence-electron chi connectivity index (χ4n) is 1.83. The standard InChI is InChI=1S/C14H15BrO6/c1-2-21-14(20)9-5-3-4-8(12(17)13(18)19)11(9)10(16)6-7-15/h3-5,12,17H,2,6-7H2,1H3,(H,18,19). The second kappa shape index (κ2) is 7.90. The average Bonchev–Trinajstić information content (AvgIpc) is 2.46. The second-order valence-electron chi connectivity index (χ2n) is 4.09. The molecule has 7 heteroatoms. The number of rotatable bonds is 7. The highest BCUT2D eigenvalue weighted by Crippen LogP contribution is 2.24. The lowest BCUT2D eigenvalue weighted by atomic mass is 9.93. The Morgan fingerprint density at radius 1 is 1.33 bits per heavy atom. The third-order valence-corrected chi connectivity index (χ3v) is 3.12. The smallest absolute Gasteiger partial charge is 0.338 e. The van der Waals surface area contributed by atoms with Gasteiger partial charge in [-0.15, -0.1) is 0 Å². The molecule has 1 aromatic carbocycles. The lowest BCUT2D eigenvalue weighted by Gasteiger charge is -2.15. The van der Waals surface area contributed by atoms with Gasteiger partial charge in [0.1, 0.15) is 0 Å². The van der Waals surface area contributed by atoms with Crippen LogP contribution in [0.15, 0.2) is 18.2 Å². The van der Waals surface area contributed by atoms with Crippen LogP contribution in [0.4, 0.5) is 0 Å². The number of benzene rings is 1. The maximum absolute atomic E-state index is 12.2. The van der Waals surface area contributed by atoms with Crippen LogP contribution in [0.1, 0.15) is 45.7 Å². The molecule has 0 aliphatic carbocycles. The summed E-state index contributed by atoms with van der Waals surface area (Å²) in [6, 6.07) is 4.08. The number of aliphatic hydroxyl groups excluding tert-OH is 1. The minimum Gasteiger partial charge on any atom is -0.479 e. The van der Waals surface area contributed by atoms with Gasteiger partial charge < -0.3 is 14.9 Å². The monoisotopic (exact) mass is 358 g/mol. The van der Waals surface area contributed by atoms with Gasteiger partial charge in [-0.05, 0) is 13.0 Å². The summed E-state index contributed by atoms with van der Waals surface area (Å²) in [6.07, 6.45) is -1.82. The average molecular weight is 359 g/mol. The highest BCUT2D eigenvalue weighted by atomic mass is 79.9. The summed E-state index contributed by atoms with van der Waals surface area (Å²) in [4.78, 5) is 35.0. The summed E-state index contributed by atoms with van der Waals surface area (Å²) < 4.78 is 4.86. The Morgan fingerprint density at radius 2 is 2.00 bits per heavy atom. The zero-order valence-corrected chi connectivity index (χ0v) is 12.9. The van der Waals surface area contributed by atoms with Crippen molar-refractivity contribution < 1.29 is 29.3 Å². The normalized spacial score (nSPS) is 11.8. The van der Waals surface area contributed by atoms with E-state index in [1.54, 1.807) is 6.92 Å². The van der Waals surface area contributed by atoms with Crippen LogP contribution in [0.25, 0.3) is 0 Å². The number of carbonyl (C=O) groups is 3. The van der Waals surface area contributed by atoms with Gasteiger partial charge in [0, 0.05) is 22.9 Å². The number of carboxylic acid groups (broad SMARTS) is 1. The largest absolute Gasteiger partial charge is 0.479 e. The summed E-state index contributed by atoms with van der Waals surface area (Å²) in [7, 11) is 0. The Hall–Kier alpha value is -1.73. The van der Waals surface area contributed by atoms with Gasteiger partial charge >= 0.3 is 11.9 Å². The number of carbonyl (C=O) groups excluding carboxylic acids is 2. The summed E-state index contributed by atoms with van der Waals surface area (Å²) in [5, 5.41) is 19.0. The molecule has 0 radical (unpaired) electrons. The molecule has 1 aromatic rings. The Balaban J connectivity index is 3.44. The van der Waals surface area contributed by atoms with Gasteiger partial charge in [0.25, 0.3) is 0 Å². The van der Waals surface area contributed by atoms with E-state index in [0.717, 1.165) is 0 Å². The lowest BCUT2D eigenvalue weighted by Crippen LogP contribution is -2.19. The molecule has 1 rings (SSSR count). The van der Waals surface area contributed by atoms with Crippen molar-refractivity contribution in [3.63, 3.8) is 0 Å². The Kier molecular flexibility index (Phi) is 6.51. The van der Waals surface area contributed by atoms with Crippen molar-refractivity contribution in [1.82, 2.24) is 0 Å². The molecule has 6 nitrogen and oxygen atoms in total. The van der Waals surface area contributed by atoms with Crippen LogP contribution in [0.3, 0.4) is 0 Å². The van der Waals surface area contributed by atoms with E-state index >= 15 is 0 Å². The van der Waals surface area contributed by atoms with E-state index in [0.29, 0.717) is 5.33 Å². The van der Waals surface area contributed by atoms with Crippen molar-refractivity contribution in [3.05, 3.63) is 34.9 Å². The van der Waals surface area contributed by atoms with E-state index in [-0.39, 0.29) is 29.7 Å². The van der Waals surface area contributed by atoms with E-state index < -0.39 is 23.8 Å². The third kappa shape index (κ3) is 4.12. The molecule has 1 atom stereocenters. The molecule has 0 amide bonds. The summed E-state index contributed by atoms with van der Waals surface area (Å²) in [5.74, 6) is -2.66. The quantitative estimate of drug-likeness (QED) is 0.438. The first-order valence-corrected chi connectivity index (χ1v) is 7.36. The Labute approximate surface area is 129 Å². The first-order valence-electron chi connectivity index (χ1n) is 6.24. The van der Waals surface area contributed by atoms with Gasteiger partial charge in [-0.1, -0.05) is 28.1 Å². The number of hydrogen-bond donors (Lipinski definition) is 2. The minimum atomic E-state index is -1.88. The summed E-state index contributed by atoms with van der Waals surface area (Å²) in [5.41, 5.74) is -0.259. The number of hydrogen-bond acceptors (Lipinski definition) is 5. The molecule has 0 fully saturated rings. The van der Waals surface area contributed by atoms with Gasteiger partial charge in [-0.3, -0.25) is 4.79 Å². The van der Waals surface area contributed by atoms with E-state index in [9.17, 15) is 19.5 Å².